The zero-order chi connectivity index (χ0) is 10.7. The number of rotatable bonds is 3. The summed E-state index contributed by atoms with van der Waals surface area (Å²) in [4.78, 5) is 2.15. The Bertz CT molecular complexity index is 320. The van der Waals surface area contributed by atoms with Crippen molar-refractivity contribution in [1.29, 1.82) is 0 Å². The number of anilines is 1. The molecular formula is C9H14ClN3OS. The van der Waals surface area contributed by atoms with Gasteiger partial charge in [-0.2, -0.15) is 11.8 Å². The molecule has 84 valence electrons. The molecule has 1 aliphatic rings. The van der Waals surface area contributed by atoms with E-state index in [4.69, 9.17) is 16.0 Å². The summed E-state index contributed by atoms with van der Waals surface area (Å²) >= 11 is 7.52. The molecule has 0 saturated carbocycles. The van der Waals surface area contributed by atoms with E-state index in [2.05, 4.69) is 21.4 Å². The number of nitrogens with zero attached hydrogens (tertiary/aromatic N) is 3. The van der Waals surface area contributed by atoms with Crippen molar-refractivity contribution in [2.75, 3.05) is 24.2 Å². The fraction of sp³-hybridized carbons (Fsp3) is 0.778. The minimum Gasteiger partial charge on any atom is -0.407 e. The molecule has 1 fully saturated rings. The first-order valence-corrected chi connectivity index (χ1v) is 6.82. The van der Waals surface area contributed by atoms with Gasteiger partial charge in [-0.05, 0) is 19.1 Å². The van der Waals surface area contributed by atoms with Gasteiger partial charge in [-0.3, -0.25) is 0 Å². The van der Waals surface area contributed by atoms with Crippen molar-refractivity contribution < 1.29 is 4.42 Å². The van der Waals surface area contributed by atoms with Gasteiger partial charge in [-0.15, -0.1) is 16.7 Å². The van der Waals surface area contributed by atoms with Crippen LogP contribution < -0.4 is 4.90 Å². The number of aromatic nitrogens is 2. The van der Waals surface area contributed by atoms with Crippen LogP contribution in [0.2, 0.25) is 0 Å². The molecule has 1 aliphatic heterocycles. The van der Waals surface area contributed by atoms with Gasteiger partial charge in [-0.25, -0.2) is 0 Å². The van der Waals surface area contributed by atoms with E-state index in [0.29, 0.717) is 17.2 Å². The normalized spacial score (nSPS) is 22.0. The molecule has 1 aromatic rings. The summed E-state index contributed by atoms with van der Waals surface area (Å²) in [5.41, 5.74) is 0. The van der Waals surface area contributed by atoms with Crippen LogP contribution in [-0.4, -0.2) is 34.8 Å². The number of thioether (sulfide) groups is 1. The molecule has 2 rings (SSSR count). The fourth-order valence-corrected chi connectivity index (χ4v) is 2.57. The highest BCUT2D eigenvalue weighted by Crippen LogP contribution is 2.24. The van der Waals surface area contributed by atoms with Crippen LogP contribution in [0.4, 0.5) is 6.01 Å². The molecule has 0 radical (unpaired) electrons. The van der Waals surface area contributed by atoms with Gasteiger partial charge in [0.15, 0.2) is 0 Å². The van der Waals surface area contributed by atoms with Gasteiger partial charge in [0.25, 0.3) is 0 Å². The average molecular weight is 248 g/mol. The zero-order valence-electron chi connectivity index (χ0n) is 8.65. The quantitative estimate of drug-likeness (QED) is 0.766. The first-order valence-electron chi connectivity index (χ1n) is 4.99. The molecule has 0 bridgehead atoms. The summed E-state index contributed by atoms with van der Waals surface area (Å²) in [6.07, 6.45) is 4.60. The molecule has 1 aromatic heterocycles. The van der Waals surface area contributed by atoms with Gasteiger partial charge in [0.05, 0.1) is 0 Å². The summed E-state index contributed by atoms with van der Waals surface area (Å²) in [7, 11) is 0. The Morgan fingerprint density at radius 3 is 3.13 bits per heavy atom. The van der Waals surface area contributed by atoms with Crippen LogP contribution in [0.3, 0.4) is 0 Å². The number of halogens is 1. The lowest BCUT2D eigenvalue weighted by molar-refractivity contribution is 0.475. The summed E-state index contributed by atoms with van der Waals surface area (Å²) in [6.45, 7) is 1.99. The van der Waals surface area contributed by atoms with Crippen LogP contribution in [0.15, 0.2) is 4.42 Å². The van der Waals surface area contributed by atoms with Crippen molar-refractivity contribution in [3.63, 3.8) is 0 Å². The Morgan fingerprint density at radius 2 is 2.47 bits per heavy atom. The van der Waals surface area contributed by atoms with E-state index >= 15 is 0 Å². The minimum atomic E-state index is 0.285. The minimum absolute atomic E-state index is 0.285. The maximum atomic E-state index is 5.62. The van der Waals surface area contributed by atoms with Gasteiger partial charge in [-0.1, -0.05) is 5.10 Å². The zero-order valence-corrected chi connectivity index (χ0v) is 10.2. The molecule has 1 atom stereocenters. The molecular weight excluding hydrogens is 234 g/mol. The van der Waals surface area contributed by atoms with Crippen molar-refractivity contribution in [2.24, 2.45) is 0 Å². The topological polar surface area (TPSA) is 42.2 Å². The Kier molecular flexibility index (Phi) is 3.75. The second kappa shape index (κ2) is 5.07. The predicted octanol–water partition coefficient (Wildman–Crippen LogP) is 2.14. The Morgan fingerprint density at radius 1 is 1.60 bits per heavy atom. The van der Waals surface area contributed by atoms with E-state index in [0.717, 1.165) is 13.1 Å². The maximum Gasteiger partial charge on any atom is 0.318 e. The van der Waals surface area contributed by atoms with Crippen molar-refractivity contribution in [1.82, 2.24) is 10.2 Å². The van der Waals surface area contributed by atoms with E-state index < -0.39 is 0 Å². The summed E-state index contributed by atoms with van der Waals surface area (Å²) in [5.74, 6) is 0.783. The highest BCUT2D eigenvalue weighted by atomic mass is 35.5. The van der Waals surface area contributed by atoms with Gasteiger partial charge in [0, 0.05) is 18.3 Å². The summed E-state index contributed by atoms with van der Waals surface area (Å²) in [6, 6.07) is 0.615. The number of piperidine rings is 1. The number of hydrogen-bond donors (Lipinski definition) is 0. The number of hydrogen-bond acceptors (Lipinski definition) is 5. The van der Waals surface area contributed by atoms with Crippen molar-refractivity contribution in [3.8, 4) is 0 Å². The van der Waals surface area contributed by atoms with Crippen LogP contribution in [0, 0.1) is 0 Å². The Balaban J connectivity index is 2.03. The molecule has 0 N–H and O–H groups in total. The molecule has 0 amide bonds. The van der Waals surface area contributed by atoms with Crippen LogP contribution in [-0.2, 0) is 5.88 Å². The molecule has 0 aliphatic carbocycles. The molecule has 15 heavy (non-hydrogen) atoms. The summed E-state index contributed by atoms with van der Waals surface area (Å²) < 4.78 is 5.43. The predicted molar refractivity (Wildman–Crippen MR) is 62.6 cm³/mol. The van der Waals surface area contributed by atoms with Crippen LogP contribution in [0.25, 0.3) is 0 Å². The maximum absolute atomic E-state index is 5.62. The molecule has 1 unspecified atom stereocenters. The van der Waals surface area contributed by atoms with E-state index in [1.54, 1.807) is 0 Å². The van der Waals surface area contributed by atoms with E-state index in [-0.39, 0.29) is 5.88 Å². The van der Waals surface area contributed by atoms with Crippen LogP contribution >= 0.6 is 23.4 Å². The van der Waals surface area contributed by atoms with Gasteiger partial charge < -0.3 is 9.32 Å². The van der Waals surface area contributed by atoms with Crippen LogP contribution in [0.1, 0.15) is 18.7 Å². The lowest BCUT2D eigenvalue weighted by Gasteiger charge is -2.30. The lowest BCUT2D eigenvalue weighted by Crippen LogP contribution is -2.37. The van der Waals surface area contributed by atoms with Gasteiger partial charge in [0.2, 0.25) is 5.89 Å². The summed E-state index contributed by atoms with van der Waals surface area (Å²) in [5, 5.41) is 8.53. The third-order valence-corrected chi connectivity index (χ3v) is 3.83. The highest BCUT2D eigenvalue weighted by molar-refractivity contribution is 7.99. The average Bonchev–Trinajstić information content (AvgIpc) is 2.78. The van der Waals surface area contributed by atoms with Crippen molar-refractivity contribution in [3.05, 3.63) is 5.89 Å². The molecule has 1 saturated heterocycles. The standard InChI is InChI=1S/C9H14ClN3OS/c1-15-7-3-2-4-13(6-7)9-12-11-8(5-10)14-9/h7H,2-6H2,1H3. The van der Waals surface area contributed by atoms with Crippen LogP contribution in [0.5, 0.6) is 0 Å². The third-order valence-electron chi connectivity index (χ3n) is 2.55. The molecule has 0 spiro atoms. The molecule has 4 nitrogen and oxygen atoms in total. The first kappa shape index (κ1) is 11.1. The number of alkyl halides is 1. The largest absolute Gasteiger partial charge is 0.407 e. The van der Waals surface area contributed by atoms with E-state index in [1.165, 1.54) is 12.8 Å². The van der Waals surface area contributed by atoms with E-state index in [9.17, 15) is 0 Å². The fourth-order valence-electron chi connectivity index (χ4n) is 1.73. The van der Waals surface area contributed by atoms with Crippen molar-refractivity contribution >= 4 is 29.4 Å². The lowest BCUT2D eigenvalue weighted by atomic mass is 10.1. The van der Waals surface area contributed by atoms with Gasteiger partial charge in [0.1, 0.15) is 5.88 Å². The molecule has 2 heterocycles. The second-order valence-corrected chi connectivity index (χ2v) is 4.96. The monoisotopic (exact) mass is 247 g/mol. The Labute approximate surface area is 98.4 Å². The SMILES string of the molecule is CSC1CCCN(c2nnc(CCl)o2)C1. The van der Waals surface area contributed by atoms with Crippen molar-refractivity contribution in [2.45, 2.75) is 24.0 Å². The Hall–Kier alpha value is -0.420. The highest BCUT2D eigenvalue weighted by Gasteiger charge is 2.22. The second-order valence-electron chi connectivity index (χ2n) is 3.56. The van der Waals surface area contributed by atoms with E-state index in [1.807, 2.05) is 11.8 Å². The third kappa shape index (κ3) is 2.58. The molecule has 6 heteroatoms. The molecule has 0 aromatic carbocycles. The van der Waals surface area contributed by atoms with Gasteiger partial charge >= 0.3 is 6.01 Å². The smallest absolute Gasteiger partial charge is 0.318 e. The first-order chi connectivity index (χ1) is 7.33.